The normalized spacial score (nSPS) is 17.2. The maximum absolute atomic E-state index is 12.8. The van der Waals surface area contributed by atoms with E-state index in [0.717, 1.165) is 11.1 Å². The molecule has 0 spiro atoms. The Morgan fingerprint density at radius 1 is 1.12 bits per heavy atom. The largest absolute Gasteiger partial charge is 0.370 e. The van der Waals surface area contributed by atoms with Crippen LogP contribution in [0.5, 0.6) is 0 Å². The number of carbonyl (C=O) groups is 1. The second-order valence-electron chi connectivity index (χ2n) is 6.31. The molecule has 1 aliphatic heterocycles. The molecule has 1 atom stereocenters. The fourth-order valence-electron chi connectivity index (χ4n) is 3.14. The highest BCUT2D eigenvalue weighted by molar-refractivity contribution is 5.94. The summed E-state index contributed by atoms with van der Waals surface area (Å²) in [6.07, 6.45) is 3.12. The Hall–Kier alpha value is -2.99. The third-order valence-electron chi connectivity index (χ3n) is 4.54. The minimum Gasteiger partial charge on any atom is -0.370 e. The molecule has 1 fully saturated rings. The van der Waals surface area contributed by atoms with E-state index in [9.17, 15) is 4.79 Å². The van der Waals surface area contributed by atoms with E-state index in [2.05, 4.69) is 10.1 Å². The molecular weight excluding hydrogens is 328 g/mol. The second kappa shape index (κ2) is 7.49. The molecule has 3 aromatic rings. The lowest BCUT2D eigenvalue weighted by molar-refractivity contribution is -0.0228. The van der Waals surface area contributed by atoms with Crippen molar-refractivity contribution < 1.29 is 9.53 Å². The Kier molecular flexibility index (Phi) is 4.75. The maximum atomic E-state index is 12.8. The van der Waals surface area contributed by atoms with Crippen molar-refractivity contribution in [3.05, 3.63) is 83.9 Å². The smallest absolute Gasteiger partial charge is 0.254 e. The Balaban J connectivity index is 1.43. The van der Waals surface area contributed by atoms with Gasteiger partial charge in [0.2, 0.25) is 0 Å². The van der Waals surface area contributed by atoms with Gasteiger partial charge in [-0.05, 0) is 23.3 Å². The molecule has 1 saturated heterocycles. The molecule has 2 aromatic carbocycles. The molecular formula is C20H20N4O2. The van der Waals surface area contributed by atoms with Crippen LogP contribution in [0.15, 0.2) is 67.3 Å². The van der Waals surface area contributed by atoms with Gasteiger partial charge in [0.15, 0.2) is 0 Å². The molecule has 132 valence electrons. The highest BCUT2D eigenvalue weighted by Crippen LogP contribution is 2.23. The van der Waals surface area contributed by atoms with Crippen LogP contribution in [0, 0.1) is 0 Å². The highest BCUT2D eigenvalue weighted by Gasteiger charge is 2.25. The van der Waals surface area contributed by atoms with E-state index in [1.165, 1.54) is 6.33 Å². The molecule has 6 heteroatoms. The van der Waals surface area contributed by atoms with Gasteiger partial charge in [-0.2, -0.15) is 5.10 Å². The van der Waals surface area contributed by atoms with E-state index in [1.54, 1.807) is 11.0 Å². The van der Waals surface area contributed by atoms with Gasteiger partial charge in [-0.25, -0.2) is 9.67 Å². The van der Waals surface area contributed by atoms with E-state index in [-0.39, 0.29) is 12.0 Å². The third-order valence-corrected chi connectivity index (χ3v) is 4.54. The summed E-state index contributed by atoms with van der Waals surface area (Å²) in [5.41, 5.74) is 2.88. The van der Waals surface area contributed by atoms with Crippen LogP contribution in [0.1, 0.15) is 27.6 Å². The molecule has 0 N–H and O–H groups in total. The average Bonchev–Trinajstić information content (AvgIpc) is 3.22. The van der Waals surface area contributed by atoms with Crippen LogP contribution in [-0.2, 0) is 11.3 Å². The van der Waals surface area contributed by atoms with Crippen LogP contribution in [0.4, 0.5) is 0 Å². The lowest BCUT2D eigenvalue weighted by atomic mass is 10.1. The first-order valence-corrected chi connectivity index (χ1v) is 8.67. The van der Waals surface area contributed by atoms with Crippen molar-refractivity contribution in [2.75, 3.05) is 19.7 Å². The van der Waals surface area contributed by atoms with Gasteiger partial charge in [0, 0.05) is 12.1 Å². The summed E-state index contributed by atoms with van der Waals surface area (Å²) >= 11 is 0. The number of morpholine rings is 1. The van der Waals surface area contributed by atoms with Crippen LogP contribution in [0.3, 0.4) is 0 Å². The molecule has 26 heavy (non-hydrogen) atoms. The molecule has 2 heterocycles. The van der Waals surface area contributed by atoms with Crippen LogP contribution < -0.4 is 0 Å². The predicted octanol–water partition coefficient (Wildman–Crippen LogP) is 2.54. The number of amides is 1. The quantitative estimate of drug-likeness (QED) is 0.727. The van der Waals surface area contributed by atoms with Crippen molar-refractivity contribution in [2.24, 2.45) is 0 Å². The van der Waals surface area contributed by atoms with Gasteiger partial charge in [0.05, 0.1) is 19.7 Å². The molecule has 0 radical (unpaired) electrons. The predicted molar refractivity (Wildman–Crippen MR) is 96.6 cm³/mol. The topological polar surface area (TPSA) is 60.2 Å². The highest BCUT2D eigenvalue weighted by atomic mass is 16.5. The van der Waals surface area contributed by atoms with Crippen LogP contribution in [0.2, 0.25) is 0 Å². The van der Waals surface area contributed by atoms with Gasteiger partial charge >= 0.3 is 0 Å². The number of benzene rings is 2. The Labute approximate surface area is 152 Å². The Morgan fingerprint density at radius 2 is 1.92 bits per heavy atom. The molecule has 0 aliphatic carbocycles. The zero-order valence-electron chi connectivity index (χ0n) is 14.4. The summed E-state index contributed by atoms with van der Waals surface area (Å²) in [5, 5.41) is 4.10. The van der Waals surface area contributed by atoms with E-state index >= 15 is 0 Å². The van der Waals surface area contributed by atoms with Crippen LogP contribution >= 0.6 is 0 Å². The number of aromatic nitrogens is 3. The number of rotatable bonds is 4. The first-order chi connectivity index (χ1) is 12.8. The van der Waals surface area contributed by atoms with Gasteiger partial charge in [-0.15, -0.1) is 0 Å². The zero-order chi connectivity index (χ0) is 17.8. The van der Waals surface area contributed by atoms with E-state index in [1.807, 2.05) is 59.5 Å². The Bertz CT molecular complexity index is 847. The number of hydrogen-bond acceptors (Lipinski definition) is 4. The molecule has 0 saturated carbocycles. The molecule has 0 unspecified atom stereocenters. The van der Waals surface area contributed by atoms with Crippen molar-refractivity contribution in [1.82, 2.24) is 19.7 Å². The third kappa shape index (κ3) is 3.65. The molecule has 6 nitrogen and oxygen atoms in total. The molecule has 1 aromatic heterocycles. The number of nitrogens with zero attached hydrogens (tertiary/aromatic N) is 4. The van der Waals surface area contributed by atoms with Crippen molar-refractivity contribution in [3.8, 4) is 0 Å². The van der Waals surface area contributed by atoms with E-state index in [0.29, 0.717) is 31.8 Å². The number of hydrogen-bond donors (Lipinski definition) is 0. The summed E-state index contributed by atoms with van der Waals surface area (Å²) in [4.78, 5) is 18.7. The standard InChI is InChI=1S/C20H20N4O2/c25-20(18-8-6-16(7-9-18)12-24-15-21-14-22-24)23-10-11-26-19(13-23)17-4-2-1-3-5-17/h1-9,14-15,19H,10-13H2/t19-/m0/s1. The monoisotopic (exact) mass is 348 g/mol. The van der Waals surface area contributed by atoms with E-state index < -0.39 is 0 Å². The lowest BCUT2D eigenvalue weighted by Gasteiger charge is -2.33. The summed E-state index contributed by atoms with van der Waals surface area (Å²) in [5.74, 6) is 0.0431. The first kappa shape index (κ1) is 16.5. The van der Waals surface area contributed by atoms with Gasteiger partial charge in [-0.1, -0.05) is 42.5 Å². The van der Waals surface area contributed by atoms with Crippen molar-refractivity contribution in [1.29, 1.82) is 0 Å². The Morgan fingerprint density at radius 3 is 2.65 bits per heavy atom. The number of ether oxygens (including phenoxy) is 1. The number of carbonyl (C=O) groups excluding carboxylic acids is 1. The summed E-state index contributed by atoms with van der Waals surface area (Å²) in [6.45, 7) is 2.38. The summed E-state index contributed by atoms with van der Waals surface area (Å²) < 4.78 is 7.60. The SMILES string of the molecule is O=C(c1ccc(Cn2cncn2)cc1)N1CCO[C@H](c2ccccc2)C1. The molecule has 4 rings (SSSR count). The molecule has 1 aliphatic rings. The lowest BCUT2D eigenvalue weighted by Crippen LogP contribution is -2.42. The summed E-state index contributed by atoms with van der Waals surface area (Å²) in [7, 11) is 0. The van der Waals surface area contributed by atoms with Gasteiger partial charge in [-0.3, -0.25) is 4.79 Å². The van der Waals surface area contributed by atoms with Crippen molar-refractivity contribution >= 4 is 5.91 Å². The fourth-order valence-corrected chi connectivity index (χ4v) is 3.14. The zero-order valence-corrected chi connectivity index (χ0v) is 14.4. The molecule has 1 amide bonds. The van der Waals surface area contributed by atoms with Crippen molar-refractivity contribution in [3.63, 3.8) is 0 Å². The van der Waals surface area contributed by atoms with Gasteiger partial charge < -0.3 is 9.64 Å². The maximum Gasteiger partial charge on any atom is 0.254 e. The fraction of sp³-hybridized carbons (Fsp3) is 0.250. The summed E-state index contributed by atoms with van der Waals surface area (Å²) in [6, 6.07) is 17.7. The van der Waals surface area contributed by atoms with Crippen molar-refractivity contribution in [2.45, 2.75) is 12.6 Å². The van der Waals surface area contributed by atoms with Crippen LogP contribution in [0.25, 0.3) is 0 Å². The van der Waals surface area contributed by atoms with E-state index in [4.69, 9.17) is 4.74 Å². The van der Waals surface area contributed by atoms with Gasteiger partial charge in [0.25, 0.3) is 5.91 Å². The van der Waals surface area contributed by atoms with Crippen LogP contribution in [-0.4, -0.2) is 45.3 Å². The minimum absolute atomic E-state index is 0.0431. The molecule has 0 bridgehead atoms. The average molecular weight is 348 g/mol. The second-order valence-corrected chi connectivity index (χ2v) is 6.31. The van der Waals surface area contributed by atoms with Gasteiger partial charge in [0.1, 0.15) is 18.8 Å². The minimum atomic E-state index is -0.0690. The first-order valence-electron chi connectivity index (χ1n) is 8.67.